The molecule has 3 nitrogen and oxygen atoms in total. The molecule has 1 unspecified atom stereocenters. The largest absolute Gasteiger partial charge is 0.469 e. The van der Waals surface area contributed by atoms with Crippen LogP contribution >= 0.6 is 15.9 Å². The van der Waals surface area contributed by atoms with Crippen molar-refractivity contribution in [1.82, 2.24) is 0 Å². The molecular formula is C13H12BrF3O3. The van der Waals surface area contributed by atoms with Crippen molar-refractivity contribution in [2.75, 3.05) is 7.11 Å². The van der Waals surface area contributed by atoms with Crippen LogP contribution in [0, 0.1) is 0 Å². The second kappa shape index (κ2) is 6.90. The molecule has 1 N–H and O–H groups in total. The first-order valence-corrected chi connectivity index (χ1v) is 6.32. The van der Waals surface area contributed by atoms with E-state index >= 15 is 0 Å². The molecule has 110 valence electrons. The summed E-state index contributed by atoms with van der Waals surface area (Å²) in [6.07, 6.45) is -4.30. The van der Waals surface area contributed by atoms with Crippen molar-refractivity contribution in [2.24, 2.45) is 0 Å². The average molecular weight is 353 g/mol. The molecule has 0 amide bonds. The minimum atomic E-state index is -4.39. The van der Waals surface area contributed by atoms with Gasteiger partial charge in [0.05, 0.1) is 25.2 Å². The fraction of sp³-hybridized carbons (Fsp3) is 0.308. The molecule has 1 aromatic rings. The molecule has 0 saturated carbocycles. The van der Waals surface area contributed by atoms with Gasteiger partial charge in [-0.05, 0) is 23.8 Å². The predicted molar refractivity (Wildman–Crippen MR) is 71.0 cm³/mol. The number of rotatable bonds is 4. The van der Waals surface area contributed by atoms with Crippen LogP contribution in [0.15, 0.2) is 28.7 Å². The normalized spacial score (nSPS) is 14.0. The van der Waals surface area contributed by atoms with Crippen LogP contribution in [0.25, 0.3) is 6.08 Å². The molecule has 20 heavy (non-hydrogen) atoms. The lowest BCUT2D eigenvalue weighted by Crippen LogP contribution is -2.14. The first kappa shape index (κ1) is 16.7. The van der Waals surface area contributed by atoms with Crippen molar-refractivity contribution in [2.45, 2.75) is 18.7 Å². The summed E-state index contributed by atoms with van der Waals surface area (Å²) in [6, 6.07) is 4.43. The second-order valence-electron chi connectivity index (χ2n) is 3.95. The topological polar surface area (TPSA) is 46.5 Å². The van der Waals surface area contributed by atoms with Crippen molar-refractivity contribution in [1.29, 1.82) is 0 Å². The molecule has 0 spiro atoms. The summed E-state index contributed by atoms with van der Waals surface area (Å²) < 4.78 is 41.8. The van der Waals surface area contributed by atoms with Crippen molar-refractivity contribution in [3.8, 4) is 0 Å². The van der Waals surface area contributed by atoms with Gasteiger partial charge in [0.1, 0.15) is 0 Å². The molecule has 0 radical (unpaired) electrons. The molecular weight excluding hydrogens is 341 g/mol. The van der Waals surface area contributed by atoms with Crippen LogP contribution in [0.4, 0.5) is 13.2 Å². The number of halogens is 4. The van der Waals surface area contributed by atoms with Gasteiger partial charge in [0, 0.05) is 4.48 Å². The Morgan fingerprint density at radius 2 is 1.95 bits per heavy atom. The lowest BCUT2D eigenvalue weighted by atomic mass is 10.1. The van der Waals surface area contributed by atoms with Gasteiger partial charge < -0.3 is 9.84 Å². The summed E-state index contributed by atoms with van der Waals surface area (Å²) in [4.78, 5) is 11.0. The predicted octanol–water partition coefficient (Wildman–Crippen LogP) is 3.37. The van der Waals surface area contributed by atoms with E-state index in [0.29, 0.717) is 5.56 Å². The Hall–Kier alpha value is -1.34. The number of carbonyl (C=O) groups excluding carboxylic acids is 1. The smallest absolute Gasteiger partial charge is 0.416 e. The highest BCUT2D eigenvalue weighted by atomic mass is 79.9. The highest BCUT2D eigenvalue weighted by Crippen LogP contribution is 2.29. The maximum Gasteiger partial charge on any atom is 0.416 e. The Bertz CT molecular complexity index is 495. The van der Waals surface area contributed by atoms with Crippen LogP contribution in [-0.2, 0) is 15.7 Å². The summed E-state index contributed by atoms with van der Waals surface area (Å²) in [5.41, 5.74) is -0.283. The van der Waals surface area contributed by atoms with Gasteiger partial charge >= 0.3 is 12.1 Å². The van der Waals surface area contributed by atoms with E-state index in [1.54, 1.807) is 0 Å². The van der Waals surface area contributed by atoms with Crippen molar-refractivity contribution >= 4 is 28.0 Å². The fourth-order valence-corrected chi connectivity index (χ4v) is 1.79. The SMILES string of the molecule is COC(=O)CC(O)/C(Br)=C/c1ccc(C(F)(F)F)cc1. The molecule has 0 fully saturated rings. The summed E-state index contributed by atoms with van der Waals surface area (Å²) in [6.45, 7) is 0. The van der Waals surface area contributed by atoms with E-state index in [4.69, 9.17) is 0 Å². The Kier molecular flexibility index (Phi) is 5.76. The van der Waals surface area contributed by atoms with Gasteiger partial charge in [0.25, 0.3) is 0 Å². The third kappa shape index (κ3) is 4.97. The molecule has 0 aliphatic rings. The number of ether oxygens (including phenoxy) is 1. The van der Waals surface area contributed by atoms with Gasteiger partial charge in [0.2, 0.25) is 0 Å². The first-order chi connectivity index (χ1) is 9.24. The number of aliphatic hydroxyl groups is 1. The van der Waals surface area contributed by atoms with Crippen LogP contribution < -0.4 is 0 Å². The molecule has 0 saturated heterocycles. The Labute approximate surface area is 122 Å². The molecule has 7 heteroatoms. The van der Waals surface area contributed by atoms with Crippen LogP contribution in [0.3, 0.4) is 0 Å². The number of alkyl halides is 3. The number of esters is 1. The number of carbonyl (C=O) groups is 1. The van der Waals surface area contributed by atoms with Crippen LogP contribution in [0.5, 0.6) is 0 Å². The van der Waals surface area contributed by atoms with Crippen molar-refractivity contribution < 1.29 is 27.8 Å². The first-order valence-electron chi connectivity index (χ1n) is 5.53. The number of methoxy groups -OCH3 is 1. The monoisotopic (exact) mass is 352 g/mol. The summed E-state index contributed by atoms with van der Waals surface area (Å²) in [5.74, 6) is -0.588. The minimum absolute atomic E-state index is 0.242. The number of hydrogen-bond acceptors (Lipinski definition) is 3. The lowest BCUT2D eigenvalue weighted by Gasteiger charge is -2.09. The van der Waals surface area contributed by atoms with E-state index in [1.807, 2.05) is 0 Å². The van der Waals surface area contributed by atoms with E-state index in [1.165, 1.54) is 25.3 Å². The standard InChI is InChI=1S/C13H12BrF3O3/c1-20-12(19)7-11(18)10(14)6-8-2-4-9(5-3-8)13(15,16)17/h2-6,11,18H,7H2,1H3/b10-6-. The third-order valence-electron chi connectivity index (χ3n) is 2.45. The fourth-order valence-electron chi connectivity index (χ4n) is 1.36. The zero-order valence-electron chi connectivity index (χ0n) is 10.4. The van der Waals surface area contributed by atoms with E-state index in [-0.39, 0.29) is 10.9 Å². The summed E-state index contributed by atoms with van der Waals surface area (Å²) in [7, 11) is 1.20. The van der Waals surface area contributed by atoms with E-state index in [0.717, 1.165) is 12.1 Å². The molecule has 0 aliphatic heterocycles. The quantitative estimate of drug-likeness (QED) is 0.845. The summed E-state index contributed by atoms with van der Waals surface area (Å²) in [5, 5.41) is 9.67. The van der Waals surface area contributed by atoms with Crippen LogP contribution in [-0.4, -0.2) is 24.3 Å². The maximum absolute atomic E-state index is 12.4. The molecule has 1 rings (SSSR count). The van der Waals surface area contributed by atoms with Gasteiger partial charge in [0.15, 0.2) is 0 Å². The Morgan fingerprint density at radius 3 is 2.40 bits per heavy atom. The van der Waals surface area contributed by atoms with Gasteiger partial charge in [-0.1, -0.05) is 28.1 Å². The van der Waals surface area contributed by atoms with E-state index < -0.39 is 23.8 Å². The number of benzene rings is 1. The number of aliphatic hydroxyl groups excluding tert-OH is 1. The molecule has 0 bridgehead atoms. The van der Waals surface area contributed by atoms with Crippen molar-refractivity contribution in [3.05, 3.63) is 39.9 Å². The van der Waals surface area contributed by atoms with E-state index in [2.05, 4.69) is 20.7 Å². The molecule has 0 heterocycles. The molecule has 1 aromatic carbocycles. The van der Waals surface area contributed by atoms with Crippen LogP contribution in [0.2, 0.25) is 0 Å². The Morgan fingerprint density at radius 1 is 1.40 bits per heavy atom. The highest BCUT2D eigenvalue weighted by molar-refractivity contribution is 9.11. The molecule has 0 aliphatic carbocycles. The highest BCUT2D eigenvalue weighted by Gasteiger charge is 2.29. The van der Waals surface area contributed by atoms with Crippen LogP contribution in [0.1, 0.15) is 17.5 Å². The van der Waals surface area contributed by atoms with Gasteiger partial charge in [-0.2, -0.15) is 13.2 Å². The minimum Gasteiger partial charge on any atom is -0.469 e. The zero-order valence-corrected chi connectivity index (χ0v) is 12.0. The molecule has 1 atom stereocenters. The number of hydrogen-bond donors (Lipinski definition) is 1. The van der Waals surface area contributed by atoms with E-state index in [9.17, 15) is 23.1 Å². The Balaban J connectivity index is 2.80. The lowest BCUT2D eigenvalue weighted by molar-refractivity contribution is -0.142. The second-order valence-corrected chi connectivity index (χ2v) is 4.86. The average Bonchev–Trinajstić information content (AvgIpc) is 2.38. The van der Waals surface area contributed by atoms with Gasteiger partial charge in [-0.15, -0.1) is 0 Å². The van der Waals surface area contributed by atoms with Gasteiger partial charge in [-0.25, -0.2) is 0 Å². The van der Waals surface area contributed by atoms with Gasteiger partial charge in [-0.3, -0.25) is 4.79 Å². The molecule has 0 aromatic heterocycles. The zero-order chi connectivity index (χ0) is 15.3. The maximum atomic E-state index is 12.4. The van der Waals surface area contributed by atoms with Crippen molar-refractivity contribution in [3.63, 3.8) is 0 Å². The summed E-state index contributed by atoms with van der Waals surface area (Å²) >= 11 is 3.08. The third-order valence-corrected chi connectivity index (χ3v) is 3.21.